The standard InChI is InChI=1S/C18H31NO6S/c1-8-23-15(20)13(19-17(22)25-18(5,6)7)11-26-14(10-12(3)4)16(21)24-9-2/h13-14H,3,8-11H2,1-2,4-7H3,(H,19,22)/t13-,14?/m0/s1. The predicted octanol–water partition coefficient (Wildman–Crippen LogP) is 3.07. The van der Waals surface area contributed by atoms with Gasteiger partial charge in [-0.3, -0.25) is 4.79 Å². The van der Waals surface area contributed by atoms with E-state index in [4.69, 9.17) is 14.2 Å². The van der Waals surface area contributed by atoms with E-state index in [1.54, 1.807) is 34.6 Å². The van der Waals surface area contributed by atoms with E-state index in [0.29, 0.717) is 6.42 Å². The summed E-state index contributed by atoms with van der Waals surface area (Å²) in [4.78, 5) is 36.2. The molecule has 7 nitrogen and oxygen atoms in total. The third-order valence-electron chi connectivity index (χ3n) is 2.81. The minimum absolute atomic E-state index is 0.148. The molecule has 0 fully saturated rings. The van der Waals surface area contributed by atoms with Gasteiger partial charge in [-0.1, -0.05) is 5.57 Å². The van der Waals surface area contributed by atoms with Crippen molar-refractivity contribution < 1.29 is 28.6 Å². The number of carbonyl (C=O) groups excluding carboxylic acids is 3. The molecule has 150 valence electrons. The normalized spacial score (nSPS) is 13.3. The highest BCUT2D eigenvalue weighted by atomic mass is 32.2. The molecule has 0 rings (SSSR count). The Bertz CT molecular complexity index is 500. The van der Waals surface area contributed by atoms with Gasteiger partial charge in [0.15, 0.2) is 0 Å². The summed E-state index contributed by atoms with van der Waals surface area (Å²) >= 11 is 1.21. The zero-order valence-electron chi connectivity index (χ0n) is 16.5. The maximum Gasteiger partial charge on any atom is 0.408 e. The molecule has 0 radical (unpaired) electrons. The van der Waals surface area contributed by atoms with Crippen molar-refractivity contribution in [3.63, 3.8) is 0 Å². The summed E-state index contributed by atoms with van der Waals surface area (Å²) in [5, 5.41) is 2.00. The highest BCUT2D eigenvalue weighted by molar-refractivity contribution is 8.00. The van der Waals surface area contributed by atoms with Gasteiger partial charge >= 0.3 is 18.0 Å². The van der Waals surface area contributed by atoms with Gasteiger partial charge in [0.25, 0.3) is 0 Å². The average Bonchev–Trinajstić information content (AvgIpc) is 2.48. The molecule has 1 amide bonds. The Hall–Kier alpha value is -1.70. The summed E-state index contributed by atoms with van der Waals surface area (Å²) in [5.74, 6) is -0.807. The molecule has 1 N–H and O–H groups in total. The second-order valence-electron chi connectivity index (χ2n) is 6.69. The molecule has 0 aliphatic heterocycles. The fourth-order valence-electron chi connectivity index (χ4n) is 1.84. The fraction of sp³-hybridized carbons (Fsp3) is 0.722. The number of ether oxygens (including phenoxy) is 3. The Morgan fingerprint density at radius 1 is 1.08 bits per heavy atom. The maximum atomic E-state index is 12.1. The van der Waals surface area contributed by atoms with Crippen molar-refractivity contribution >= 4 is 29.8 Å². The number of amides is 1. The molecule has 0 saturated heterocycles. The number of rotatable bonds is 10. The minimum Gasteiger partial charge on any atom is -0.465 e. The molecule has 1 unspecified atom stereocenters. The van der Waals surface area contributed by atoms with Crippen LogP contribution >= 0.6 is 11.8 Å². The summed E-state index contributed by atoms with van der Waals surface area (Å²) in [7, 11) is 0. The van der Waals surface area contributed by atoms with Crippen LogP contribution in [0.3, 0.4) is 0 Å². The number of esters is 2. The summed E-state index contributed by atoms with van der Waals surface area (Å²) in [6.07, 6.45) is -0.297. The second-order valence-corrected chi connectivity index (χ2v) is 7.92. The Labute approximate surface area is 160 Å². The van der Waals surface area contributed by atoms with Crippen LogP contribution in [0.25, 0.3) is 0 Å². The molecule has 0 aliphatic rings. The lowest BCUT2D eigenvalue weighted by Gasteiger charge is -2.23. The van der Waals surface area contributed by atoms with Crippen molar-refractivity contribution in [2.45, 2.75) is 64.9 Å². The van der Waals surface area contributed by atoms with E-state index in [0.717, 1.165) is 5.57 Å². The first-order valence-electron chi connectivity index (χ1n) is 8.58. The van der Waals surface area contributed by atoms with Crippen LogP contribution in [0.2, 0.25) is 0 Å². The molecule has 0 aliphatic carbocycles. The van der Waals surface area contributed by atoms with E-state index in [-0.39, 0.29) is 24.9 Å². The van der Waals surface area contributed by atoms with Crippen LogP contribution in [-0.4, -0.2) is 53.9 Å². The molecule has 2 atom stereocenters. The monoisotopic (exact) mass is 389 g/mol. The van der Waals surface area contributed by atoms with Gasteiger partial charge in [-0.15, -0.1) is 18.3 Å². The van der Waals surface area contributed by atoms with Gasteiger partial charge in [0.2, 0.25) is 0 Å². The molecule has 0 saturated carbocycles. The fourth-order valence-corrected chi connectivity index (χ4v) is 3.09. The first-order chi connectivity index (χ1) is 12.0. The largest absolute Gasteiger partial charge is 0.465 e. The molecule has 0 aromatic carbocycles. The molecule has 0 aromatic heterocycles. The zero-order chi connectivity index (χ0) is 20.3. The van der Waals surface area contributed by atoms with Crippen molar-refractivity contribution in [3.05, 3.63) is 12.2 Å². The number of thioether (sulfide) groups is 1. The molecular formula is C18H31NO6S. The highest BCUT2D eigenvalue weighted by Crippen LogP contribution is 2.21. The summed E-state index contributed by atoms with van der Waals surface area (Å²) in [6.45, 7) is 14.7. The first-order valence-corrected chi connectivity index (χ1v) is 9.63. The van der Waals surface area contributed by atoms with E-state index < -0.39 is 29.0 Å². The van der Waals surface area contributed by atoms with Gasteiger partial charge in [-0.25, -0.2) is 9.59 Å². The third-order valence-corrected chi connectivity index (χ3v) is 4.10. The van der Waals surface area contributed by atoms with E-state index in [2.05, 4.69) is 11.9 Å². The van der Waals surface area contributed by atoms with Crippen molar-refractivity contribution in [3.8, 4) is 0 Å². The van der Waals surface area contributed by atoms with Crippen LogP contribution in [0.5, 0.6) is 0 Å². The minimum atomic E-state index is -0.933. The van der Waals surface area contributed by atoms with Crippen molar-refractivity contribution in [1.29, 1.82) is 0 Å². The number of hydrogen-bond donors (Lipinski definition) is 1. The lowest BCUT2D eigenvalue weighted by molar-refractivity contribution is -0.145. The van der Waals surface area contributed by atoms with Crippen LogP contribution in [0.1, 0.15) is 48.0 Å². The van der Waals surface area contributed by atoms with Crippen LogP contribution in [-0.2, 0) is 23.8 Å². The van der Waals surface area contributed by atoms with E-state index in [1.165, 1.54) is 11.8 Å². The topological polar surface area (TPSA) is 90.9 Å². The van der Waals surface area contributed by atoms with E-state index >= 15 is 0 Å². The number of hydrogen-bond acceptors (Lipinski definition) is 7. The van der Waals surface area contributed by atoms with E-state index in [1.807, 2.05) is 6.92 Å². The average molecular weight is 390 g/mol. The van der Waals surface area contributed by atoms with Crippen LogP contribution in [0.15, 0.2) is 12.2 Å². The SMILES string of the molecule is C=C(C)CC(SC[C@H](NC(=O)OC(C)(C)C)C(=O)OCC)C(=O)OCC. The van der Waals surface area contributed by atoms with Crippen molar-refractivity contribution in [1.82, 2.24) is 5.32 Å². The Kier molecular flexibility index (Phi) is 11.1. The van der Waals surface area contributed by atoms with Crippen LogP contribution < -0.4 is 5.32 Å². The van der Waals surface area contributed by atoms with Gasteiger partial charge < -0.3 is 19.5 Å². The lowest BCUT2D eigenvalue weighted by Crippen LogP contribution is -2.46. The third kappa shape index (κ3) is 11.0. The lowest BCUT2D eigenvalue weighted by atomic mass is 10.2. The number of alkyl carbamates (subject to hydrolysis) is 1. The molecular weight excluding hydrogens is 358 g/mol. The van der Waals surface area contributed by atoms with Gasteiger partial charge in [0, 0.05) is 5.75 Å². The first kappa shape index (κ1) is 24.3. The van der Waals surface area contributed by atoms with Crippen LogP contribution in [0.4, 0.5) is 4.79 Å². The summed E-state index contributed by atoms with van der Waals surface area (Å²) in [6, 6.07) is -0.933. The maximum absolute atomic E-state index is 12.1. The van der Waals surface area contributed by atoms with Gasteiger partial charge in [-0.05, 0) is 48.0 Å². The van der Waals surface area contributed by atoms with Gasteiger partial charge in [-0.2, -0.15) is 0 Å². The van der Waals surface area contributed by atoms with Crippen molar-refractivity contribution in [2.75, 3.05) is 19.0 Å². The number of nitrogens with one attached hydrogen (secondary N) is 1. The second kappa shape index (κ2) is 11.8. The molecule has 26 heavy (non-hydrogen) atoms. The van der Waals surface area contributed by atoms with Gasteiger partial charge in [0.05, 0.1) is 13.2 Å². The van der Waals surface area contributed by atoms with Crippen molar-refractivity contribution in [2.24, 2.45) is 0 Å². The predicted molar refractivity (Wildman–Crippen MR) is 102 cm³/mol. The Morgan fingerprint density at radius 2 is 1.62 bits per heavy atom. The molecule has 8 heteroatoms. The number of carbonyl (C=O) groups is 3. The molecule has 0 heterocycles. The highest BCUT2D eigenvalue weighted by Gasteiger charge is 2.28. The summed E-state index contributed by atoms with van der Waals surface area (Å²) < 4.78 is 15.2. The molecule has 0 spiro atoms. The Balaban J connectivity index is 5.02. The van der Waals surface area contributed by atoms with Gasteiger partial charge in [0.1, 0.15) is 16.9 Å². The summed E-state index contributed by atoms with van der Waals surface area (Å²) in [5.41, 5.74) is 0.132. The number of allylic oxidation sites excluding steroid dienone is 1. The molecule has 0 aromatic rings. The molecule has 0 bridgehead atoms. The quantitative estimate of drug-likeness (QED) is 0.349. The van der Waals surface area contributed by atoms with E-state index in [9.17, 15) is 14.4 Å². The Morgan fingerprint density at radius 3 is 2.08 bits per heavy atom. The van der Waals surface area contributed by atoms with Crippen LogP contribution in [0, 0.1) is 0 Å². The smallest absolute Gasteiger partial charge is 0.408 e. The zero-order valence-corrected chi connectivity index (χ0v) is 17.4.